The van der Waals surface area contributed by atoms with Crippen LogP contribution in [0.3, 0.4) is 0 Å². The second kappa shape index (κ2) is 7.66. The summed E-state index contributed by atoms with van der Waals surface area (Å²) in [5.41, 5.74) is -0.721. The second-order valence-corrected chi connectivity index (χ2v) is 6.37. The molecule has 3 aromatic rings. The minimum atomic E-state index is -4.65. The summed E-state index contributed by atoms with van der Waals surface area (Å²) in [6.45, 7) is 0. The first-order chi connectivity index (χ1) is 12.8. The quantitative estimate of drug-likeness (QED) is 0.643. The maximum atomic E-state index is 13.7. The van der Waals surface area contributed by atoms with Crippen LogP contribution in [-0.2, 0) is 12.6 Å². The van der Waals surface area contributed by atoms with Crippen LogP contribution >= 0.6 is 11.3 Å². The van der Waals surface area contributed by atoms with Crippen molar-refractivity contribution in [1.82, 2.24) is 15.2 Å². The molecule has 2 aromatic heterocycles. The highest BCUT2D eigenvalue weighted by atomic mass is 32.1. The normalized spacial score (nSPS) is 11.3. The average molecular weight is 397 g/mol. The predicted molar refractivity (Wildman–Crippen MR) is 91.0 cm³/mol. The standard InChI is InChI=1S/C16H11F4N5OS/c17-11-2-1-10(16(18,19)20)8-12(11)22-14(26)23-15-25-24-13(27-15)7-9-3-5-21-6-4-9/h1-6,8H,7H2,(H2,22,23,25,26). The molecule has 11 heteroatoms. The number of benzene rings is 1. The Hall–Kier alpha value is -3.08. The van der Waals surface area contributed by atoms with E-state index in [0.717, 1.165) is 16.9 Å². The van der Waals surface area contributed by atoms with E-state index in [0.29, 0.717) is 29.6 Å². The van der Waals surface area contributed by atoms with Crippen LogP contribution in [0.2, 0.25) is 0 Å². The van der Waals surface area contributed by atoms with Gasteiger partial charge in [-0.25, -0.2) is 9.18 Å². The molecule has 0 aliphatic heterocycles. The van der Waals surface area contributed by atoms with Crippen molar-refractivity contribution in [3.63, 3.8) is 0 Å². The summed E-state index contributed by atoms with van der Waals surface area (Å²) in [6.07, 6.45) is -0.910. The molecular weight excluding hydrogens is 386 g/mol. The van der Waals surface area contributed by atoms with Crippen molar-refractivity contribution in [2.75, 3.05) is 10.6 Å². The SMILES string of the molecule is O=C(Nc1nnc(Cc2ccncc2)s1)Nc1cc(C(F)(F)F)ccc1F. The Labute approximate surface area is 154 Å². The molecule has 6 nitrogen and oxygen atoms in total. The minimum absolute atomic E-state index is 0.129. The molecule has 0 unspecified atom stereocenters. The Bertz CT molecular complexity index is 945. The Balaban J connectivity index is 1.65. The summed E-state index contributed by atoms with van der Waals surface area (Å²) in [4.78, 5) is 15.8. The fourth-order valence-electron chi connectivity index (χ4n) is 2.10. The maximum absolute atomic E-state index is 13.7. The summed E-state index contributed by atoms with van der Waals surface area (Å²) in [7, 11) is 0. The first-order valence-electron chi connectivity index (χ1n) is 7.47. The summed E-state index contributed by atoms with van der Waals surface area (Å²) in [6, 6.07) is 4.42. The van der Waals surface area contributed by atoms with Crippen LogP contribution in [0.1, 0.15) is 16.1 Å². The van der Waals surface area contributed by atoms with E-state index in [1.54, 1.807) is 24.5 Å². The Kier molecular flexibility index (Phi) is 5.31. The van der Waals surface area contributed by atoms with Crippen molar-refractivity contribution in [3.05, 3.63) is 64.7 Å². The first kappa shape index (κ1) is 18.7. The molecule has 0 aliphatic rings. The molecule has 140 valence electrons. The molecule has 0 radical (unpaired) electrons. The molecule has 3 rings (SSSR count). The van der Waals surface area contributed by atoms with Crippen molar-refractivity contribution >= 4 is 28.2 Å². The third-order valence-electron chi connectivity index (χ3n) is 3.33. The molecule has 2 amide bonds. The van der Waals surface area contributed by atoms with Gasteiger partial charge in [-0.15, -0.1) is 10.2 Å². The van der Waals surface area contributed by atoms with Crippen molar-refractivity contribution in [1.29, 1.82) is 0 Å². The summed E-state index contributed by atoms with van der Waals surface area (Å²) >= 11 is 1.09. The Morgan fingerprint density at radius 3 is 2.52 bits per heavy atom. The van der Waals surface area contributed by atoms with Crippen LogP contribution in [0, 0.1) is 5.82 Å². The lowest BCUT2D eigenvalue weighted by Crippen LogP contribution is -2.20. The molecule has 0 saturated heterocycles. The number of halogens is 4. The zero-order chi connectivity index (χ0) is 19.4. The van der Waals surface area contributed by atoms with Gasteiger partial charge in [-0.3, -0.25) is 10.3 Å². The summed E-state index contributed by atoms with van der Waals surface area (Å²) in [5.74, 6) is -0.992. The first-order valence-corrected chi connectivity index (χ1v) is 8.29. The molecule has 0 saturated carbocycles. The molecule has 0 bridgehead atoms. The van der Waals surface area contributed by atoms with E-state index >= 15 is 0 Å². The number of aromatic nitrogens is 3. The minimum Gasteiger partial charge on any atom is -0.305 e. The van der Waals surface area contributed by atoms with Gasteiger partial charge >= 0.3 is 12.2 Å². The van der Waals surface area contributed by atoms with E-state index in [1.807, 2.05) is 5.32 Å². The summed E-state index contributed by atoms with van der Waals surface area (Å²) < 4.78 is 51.7. The molecule has 2 heterocycles. The number of hydrogen-bond donors (Lipinski definition) is 2. The van der Waals surface area contributed by atoms with Gasteiger partial charge < -0.3 is 5.32 Å². The summed E-state index contributed by atoms with van der Waals surface area (Å²) in [5, 5.41) is 12.8. The van der Waals surface area contributed by atoms with Crippen LogP contribution in [0.25, 0.3) is 0 Å². The lowest BCUT2D eigenvalue weighted by molar-refractivity contribution is -0.137. The number of urea groups is 1. The molecular formula is C16H11F4N5OS. The van der Waals surface area contributed by atoms with Gasteiger partial charge in [0.15, 0.2) is 0 Å². The zero-order valence-corrected chi connectivity index (χ0v) is 14.2. The third kappa shape index (κ3) is 4.97. The van der Waals surface area contributed by atoms with Crippen LogP contribution in [0.4, 0.5) is 33.2 Å². The lowest BCUT2D eigenvalue weighted by Gasteiger charge is -2.10. The molecule has 0 spiro atoms. The third-order valence-corrected chi connectivity index (χ3v) is 4.17. The average Bonchev–Trinajstić information content (AvgIpc) is 3.03. The van der Waals surface area contributed by atoms with Gasteiger partial charge in [0.2, 0.25) is 5.13 Å². The highest BCUT2D eigenvalue weighted by molar-refractivity contribution is 7.15. The Morgan fingerprint density at radius 2 is 1.81 bits per heavy atom. The van der Waals surface area contributed by atoms with Crippen molar-refractivity contribution < 1.29 is 22.4 Å². The van der Waals surface area contributed by atoms with Gasteiger partial charge in [-0.05, 0) is 35.9 Å². The number of hydrogen-bond acceptors (Lipinski definition) is 5. The van der Waals surface area contributed by atoms with Gasteiger partial charge in [-0.1, -0.05) is 11.3 Å². The number of anilines is 2. The number of rotatable bonds is 4. The topological polar surface area (TPSA) is 79.8 Å². The van der Waals surface area contributed by atoms with Crippen LogP contribution < -0.4 is 10.6 Å². The van der Waals surface area contributed by atoms with Gasteiger partial charge in [-0.2, -0.15) is 13.2 Å². The second-order valence-electron chi connectivity index (χ2n) is 5.30. The zero-order valence-electron chi connectivity index (χ0n) is 13.4. The number of carbonyl (C=O) groups excluding carboxylic acids is 1. The van der Waals surface area contributed by atoms with Gasteiger partial charge in [0, 0.05) is 18.8 Å². The van der Waals surface area contributed by atoms with E-state index in [-0.39, 0.29) is 5.13 Å². The molecule has 27 heavy (non-hydrogen) atoms. The number of alkyl halides is 3. The number of nitrogens with zero attached hydrogens (tertiary/aromatic N) is 3. The predicted octanol–water partition coefficient (Wildman–Crippen LogP) is 4.33. The maximum Gasteiger partial charge on any atom is 0.416 e. The van der Waals surface area contributed by atoms with Gasteiger partial charge in [0.05, 0.1) is 11.3 Å². The fourth-order valence-corrected chi connectivity index (χ4v) is 2.87. The Morgan fingerprint density at radius 1 is 1.07 bits per heavy atom. The van der Waals surface area contributed by atoms with Gasteiger partial charge in [0.1, 0.15) is 10.8 Å². The van der Waals surface area contributed by atoms with Gasteiger partial charge in [0.25, 0.3) is 0 Å². The monoisotopic (exact) mass is 397 g/mol. The number of carbonyl (C=O) groups is 1. The molecule has 2 N–H and O–H groups in total. The number of pyridine rings is 1. The highest BCUT2D eigenvalue weighted by Crippen LogP contribution is 2.31. The molecule has 0 atom stereocenters. The fraction of sp³-hybridized carbons (Fsp3) is 0.125. The lowest BCUT2D eigenvalue weighted by atomic mass is 10.2. The van der Waals surface area contributed by atoms with Crippen molar-refractivity contribution in [2.45, 2.75) is 12.6 Å². The van der Waals surface area contributed by atoms with E-state index in [4.69, 9.17) is 0 Å². The molecule has 0 fully saturated rings. The smallest absolute Gasteiger partial charge is 0.305 e. The van der Waals surface area contributed by atoms with Crippen LogP contribution in [0.5, 0.6) is 0 Å². The van der Waals surface area contributed by atoms with E-state index in [2.05, 4.69) is 20.5 Å². The number of amides is 2. The number of nitrogens with one attached hydrogen (secondary N) is 2. The largest absolute Gasteiger partial charge is 0.416 e. The van der Waals surface area contributed by atoms with Crippen molar-refractivity contribution in [3.8, 4) is 0 Å². The van der Waals surface area contributed by atoms with Crippen molar-refractivity contribution in [2.24, 2.45) is 0 Å². The van der Waals surface area contributed by atoms with Crippen LogP contribution in [-0.4, -0.2) is 21.2 Å². The molecule has 1 aromatic carbocycles. The van der Waals surface area contributed by atoms with E-state index < -0.39 is 29.3 Å². The van der Waals surface area contributed by atoms with E-state index in [1.165, 1.54) is 0 Å². The molecule has 0 aliphatic carbocycles. The van der Waals surface area contributed by atoms with E-state index in [9.17, 15) is 22.4 Å². The van der Waals surface area contributed by atoms with Crippen LogP contribution in [0.15, 0.2) is 42.7 Å². The highest BCUT2D eigenvalue weighted by Gasteiger charge is 2.31.